The van der Waals surface area contributed by atoms with Gasteiger partial charge in [0.15, 0.2) is 5.60 Å². The summed E-state index contributed by atoms with van der Waals surface area (Å²) < 4.78 is 0. The molecule has 0 bridgehead atoms. The van der Waals surface area contributed by atoms with Crippen molar-refractivity contribution in [2.24, 2.45) is 5.92 Å². The van der Waals surface area contributed by atoms with Crippen LogP contribution in [0.4, 0.5) is 0 Å². The Balaban J connectivity index is 2.46. The zero-order chi connectivity index (χ0) is 9.03. The monoisotopic (exact) mass is 167 g/mol. The lowest BCUT2D eigenvalue weighted by atomic mass is 9.77. The van der Waals surface area contributed by atoms with E-state index in [4.69, 9.17) is 5.26 Å². The molecule has 1 rings (SSSR count). The van der Waals surface area contributed by atoms with E-state index in [2.05, 4.69) is 6.92 Å². The largest absolute Gasteiger partial charge is 0.375 e. The molecule has 0 heterocycles. The summed E-state index contributed by atoms with van der Waals surface area (Å²) in [4.78, 5) is 0. The fourth-order valence-electron chi connectivity index (χ4n) is 2.12. The summed E-state index contributed by atoms with van der Waals surface area (Å²) in [6, 6.07) is 2.02. The molecule has 0 aromatic carbocycles. The highest BCUT2D eigenvalue weighted by Gasteiger charge is 2.33. The summed E-state index contributed by atoms with van der Waals surface area (Å²) in [5.74, 6) is 0.577. The highest BCUT2D eigenvalue weighted by molar-refractivity contribution is 5.03. The molecular weight excluding hydrogens is 150 g/mol. The first kappa shape index (κ1) is 9.54. The molecule has 0 radical (unpaired) electrons. The van der Waals surface area contributed by atoms with Crippen LogP contribution >= 0.6 is 0 Å². The van der Waals surface area contributed by atoms with Gasteiger partial charge in [-0.25, -0.2) is 0 Å². The average Bonchev–Trinajstić information content (AvgIpc) is 2.05. The Morgan fingerprint density at radius 1 is 1.67 bits per heavy atom. The lowest BCUT2D eigenvalue weighted by Crippen LogP contribution is -2.33. The van der Waals surface area contributed by atoms with Crippen molar-refractivity contribution in [3.63, 3.8) is 0 Å². The molecule has 0 aliphatic heterocycles. The van der Waals surface area contributed by atoms with E-state index in [9.17, 15) is 5.11 Å². The van der Waals surface area contributed by atoms with Gasteiger partial charge in [-0.1, -0.05) is 26.2 Å². The third-order valence-corrected chi connectivity index (χ3v) is 2.73. The van der Waals surface area contributed by atoms with Crippen LogP contribution in [0.15, 0.2) is 0 Å². The van der Waals surface area contributed by atoms with Crippen LogP contribution in [0, 0.1) is 17.2 Å². The van der Waals surface area contributed by atoms with Crippen molar-refractivity contribution in [3.05, 3.63) is 0 Å². The molecule has 1 N–H and O–H groups in total. The molecule has 0 spiro atoms. The molecule has 2 heteroatoms. The molecule has 2 atom stereocenters. The van der Waals surface area contributed by atoms with Crippen molar-refractivity contribution in [2.75, 3.05) is 0 Å². The SMILES string of the molecule is CCC[C@@H]1CCC[C@](O)(C#N)C1. The average molecular weight is 167 g/mol. The van der Waals surface area contributed by atoms with E-state index < -0.39 is 5.60 Å². The summed E-state index contributed by atoms with van der Waals surface area (Å²) in [5.41, 5.74) is -1.00. The Kier molecular flexibility index (Phi) is 3.11. The Hall–Kier alpha value is -0.550. The predicted octanol–water partition coefficient (Wildman–Crippen LogP) is 2.23. The molecule has 0 amide bonds. The fourth-order valence-corrected chi connectivity index (χ4v) is 2.12. The number of hydrogen-bond acceptors (Lipinski definition) is 2. The van der Waals surface area contributed by atoms with Gasteiger partial charge < -0.3 is 5.11 Å². The molecule has 1 aliphatic carbocycles. The van der Waals surface area contributed by atoms with Crippen LogP contribution in [0.1, 0.15) is 45.4 Å². The molecule has 1 aliphatic rings. The van der Waals surface area contributed by atoms with Gasteiger partial charge in [-0.15, -0.1) is 0 Å². The first-order chi connectivity index (χ1) is 5.70. The summed E-state index contributed by atoms with van der Waals surface area (Å²) in [6.45, 7) is 2.15. The molecule has 2 nitrogen and oxygen atoms in total. The molecule has 0 aromatic rings. The number of nitriles is 1. The molecule has 0 unspecified atom stereocenters. The third kappa shape index (κ3) is 2.22. The van der Waals surface area contributed by atoms with Gasteiger partial charge >= 0.3 is 0 Å². The van der Waals surface area contributed by atoms with Crippen LogP contribution in [-0.4, -0.2) is 10.7 Å². The van der Waals surface area contributed by atoms with Crippen LogP contribution < -0.4 is 0 Å². The molecule has 12 heavy (non-hydrogen) atoms. The Labute approximate surface area is 74.2 Å². The van der Waals surface area contributed by atoms with Crippen LogP contribution in [0.3, 0.4) is 0 Å². The van der Waals surface area contributed by atoms with Gasteiger partial charge in [-0.2, -0.15) is 5.26 Å². The van der Waals surface area contributed by atoms with E-state index >= 15 is 0 Å². The highest BCUT2D eigenvalue weighted by atomic mass is 16.3. The smallest absolute Gasteiger partial charge is 0.151 e. The summed E-state index contributed by atoms with van der Waals surface area (Å²) >= 11 is 0. The van der Waals surface area contributed by atoms with Crippen molar-refractivity contribution in [2.45, 2.75) is 51.0 Å². The van der Waals surface area contributed by atoms with Gasteiger partial charge in [-0.05, 0) is 25.2 Å². The van der Waals surface area contributed by atoms with E-state index in [1.807, 2.05) is 6.07 Å². The predicted molar refractivity (Wildman–Crippen MR) is 47.4 cm³/mol. The molecule has 68 valence electrons. The second-order valence-corrected chi connectivity index (χ2v) is 3.89. The maximum atomic E-state index is 9.72. The third-order valence-electron chi connectivity index (χ3n) is 2.73. The van der Waals surface area contributed by atoms with Gasteiger partial charge in [-0.3, -0.25) is 0 Å². The van der Waals surface area contributed by atoms with Crippen LogP contribution in [0.25, 0.3) is 0 Å². The normalized spacial score (nSPS) is 35.9. The van der Waals surface area contributed by atoms with E-state index in [1.54, 1.807) is 0 Å². The molecule has 0 aromatic heterocycles. The molecule has 1 fully saturated rings. The van der Waals surface area contributed by atoms with Crippen molar-refractivity contribution >= 4 is 0 Å². The minimum atomic E-state index is -1.00. The first-order valence-corrected chi connectivity index (χ1v) is 4.84. The van der Waals surface area contributed by atoms with Crippen LogP contribution in [0.2, 0.25) is 0 Å². The van der Waals surface area contributed by atoms with Crippen molar-refractivity contribution in [1.82, 2.24) is 0 Å². The Morgan fingerprint density at radius 3 is 3.00 bits per heavy atom. The van der Waals surface area contributed by atoms with Crippen LogP contribution in [-0.2, 0) is 0 Å². The van der Waals surface area contributed by atoms with Gasteiger partial charge in [0.1, 0.15) is 0 Å². The number of aliphatic hydroxyl groups is 1. The maximum absolute atomic E-state index is 9.72. The highest BCUT2D eigenvalue weighted by Crippen LogP contribution is 2.34. The lowest BCUT2D eigenvalue weighted by Gasteiger charge is -2.31. The zero-order valence-corrected chi connectivity index (χ0v) is 7.71. The summed E-state index contributed by atoms with van der Waals surface area (Å²) in [7, 11) is 0. The molecule has 0 saturated heterocycles. The lowest BCUT2D eigenvalue weighted by molar-refractivity contribution is 0.0330. The van der Waals surface area contributed by atoms with E-state index in [1.165, 1.54) is 6.42 Å². The number of rotatable bonds is 2. The number of hydrogen-bond donors (Lipinski definition) is 1. The zero-order valence-electron chi connectivity index (χ0n) is 7.71. The van der Waals surface area contributed by atoms with E-state index in [-0.39, 0.29) is 0 Å². The fraction of sp³-hybridized carbons (Fsp3) is 0.900. The minimum absolute atomic E-state index is 0.577. The topological polar surface area (TPSA) is 44.0 Å². The minimum Gasteiger partial charge on any atom is -0.375 e. The summed E-state index contributed by atoms with van der Waals surface area (Å²) in [5, 5.41) is 18.5. The Bertz CT molecular complexity index is 183. The second kappa shape index (κ2) is 3.91. The van der Waals surface area contributed by atoms with Gasteiger partial charge in [0.2, 0.25) is 0 Å². The van der Waals surface area contributed by atoms with E-state index in [0.717, 1.165) is 19.3 Å². The van der Waals surface area contributed by atoms with Gasteiger partial charge in [0.05, 0.1) is 6.07 Å². The molecule has 1 saturated carbocycles. The maximum Gasteiger partial charge on any atom is 0.151 e. The van der Waals surface area contributed by atoms with Crippen molar-refractivity contribution < 1.29 is 5.11 Å². The van der Waals surface area contributed by atoms with E-state index in [0.29, 0.717) is 18.8 Å². The standard InChI is InChI=1S/C10H17NO/c1-2-4-9-5-3-6-10(12,7-9)8-11/h9,12H,2-7H2,1H3/t9-,10-/m1/s1. The van der Waals surface area contributed by atoms with Gasteiger partial charge in [0.25, 0.3) is 0 Å². The van der Waals surface area contributed by atoms with Gasteiger partial charge in [0, 0.05) is 0 Å². The Morgan fingerprint density at radius 2 is 2.42 bits per heavy atom. The second-order valence-electron chi connectivity index (χ2n) is 3.89. The molecular formula is C10H17NO. The quantitative estimate of drug-likeness (QED) is 0.641. The van der Waals surface area contributed by atoms with Crippen LogP contribution in [0.5, 0.6) is 0 Å². The number of nitrogens with zero attached hydrogens (tertiary/aromatic N) is 1. The van der Waals surface area contributed by atoms with Crippen molar-refractivity contribution in [3.8, 4) is 6.07 Å². The summed E-state index contributed by atoms with van der Waals surface area (Å²) in [6.07, 6.45) is 5.88. The van der Waals surface area contributed by atoms with Crippen molar-refractivity contribution in [1.29, 1.82) is 5.26 Å². The first-order valence-electron chi connectivity index (χ1n) is 4.84.